The molecule has 1 heterocycles. The van der Waals surface area contributed by atoms with E-state index in [0.717, 1.165) is 17.7 Å². The van der Waals surface area contributed by atoms with Crippen molar-refractivity contribution in [3.8, 4) is 17.2 Å². The Hall–Kier alpha value is -2.11. The first-order chi connectivity index (χ1) is 13.5. The number of nitrogens with one attached hydrogen (secondary N) is 1. The zero-order valence-corrected chi connectivity index (χ0v) is 17.3. The lowest BCUT2D eigenvalue weighted by Crippen LogP contribution is -2.35. The van der Waals surface area contributed by atoms with Gasteiger partial charge < -0.3 is 19.5 Å². The topological polar surface area (TPSA) is 56.8 Å². The van der Waals surface area contributed by atoms with Crippen molar-refractivity contribution in [1.82, 2.24) is 5.32 Å². The lowest BCUT2D eigenvalue weighted by molar-refractivity contribution is -0.124. The Kier molecular flexibility index (Phi) is 6.92. The fraction of sp³-hybridized carbons (Fsp3) is 0.381. The molecule has 0 aliphatic carbocycles. The van der Waals surface area contributed by atoms with Crippen LogP contribution in [0.25, 0.3) is 0 Å². The van der Waals surface area contributed by atoms with Crippen LogP contribution in [0.4, 0.5) is 0 Å². The summed E-state index contributed by atoms with van der Waals surface area (Å²) in [6.45, 7) is 5.15. The van der Waals surface area contributed by atoms with Gasteiger partial charge in [0.2, 0.25) is 0 Å². The number of hydrogen-bond donors (Lipinski definition) is 1. The maximum atomic E-state index is 12.5. The van der Waals surface area contributed by atoms with Crippen LogP contribution in [-0.4, -0.2) is 25.7 Å². The molecule has 1 aliphatic heterocycles. The van der Waals surface area contributed by atoms with Gasteiger partial charge in [0.1, 0.15) is 0 Å². The number of carbonyl (C=O) groups is 1. The molecule has 2 aromatic rings. The first-order valence-electron chi connectivity index (χ1n) is 9.21. The van der Waals surface area contributed by atoms with Gasteiger partial charge in [-0.3, -0.25) is 4.79 Å². The molecule has 1 aliphatic rings. The van der Waals surface area contributed by atoms with E-state index in [1.807, 2.05) is 32.0 Å². The van der Waals surface area contributed by atoms with E-state index in [4.69, 9.17) is 37.4 Å². The van der Waals surface area contributed by atoms with Gasteiger partial charge in [-0.15, -0.1) is 0 Å². The number of carbonyl (C=O) groups excluding carboxylic acids is 1. The van der Waals surface area contributed by atoms with Crippen molar-refractivity contribution >= 4 is 29.1 Å². The fourth-order valence-corrected chi connectivity index (χ4v) is 3.49. The largest absolute Gasteiger partial charge is 0.490 e. The van der Waals surface area contributed by atoms with Crippen LogP contribution < -0.4 is 19.5 Å². The summed E-state index contributed by atoms with van der Waals surface area (Å²) in [7, 11) is 0. The molecular weight excluding hydrogens is 401 g/mol. The standard InChI is InChI=1S/C21H23Cl2NO4/c1-13(2)20(14-7-8-17-18(11-14)27-10-4-9-26-17)24-19(25)12-28-21-15(22)5-3-6-16(21)23/h3,5-8,11,13,20H,4,9-10,12H2,1-2H3,(H,24,25)/t20-/m1/s1. The van der Waals surface area contributed by atoms with Gasteiger partial charge in [0.25, 0.3) is 5.91 Å². The molecule has 0 saturated heterocycles. The number of hydrogen-bond acceptors (Lipinski definition) is 4. The van der Waals surface area contributed by atoms with Crippen LogP contribution >= 0.6 is 23.2 Å². The van der Waals surface area contributed by atoms with Crippen molar-refractivity contribution in [2.75, 3.05) is 19.8 Å². The molecule has 0 bridgehead atoms. The Morgan fingerprint density at radius 2 is 1.79 bits per heavy atom. The Morgan fingerprint density at radius 1 is 1.11 bits per heavy atom. The molecule has 0 fully saturated rings. The lowest BCUT2D eigenvalue weighted by Gasteiger charge is -2.24. The maximum absolute atomic E-state index is 12.5. The molecule has 2 aromatic carbocycles. The third-order valence-corrected chi connectivity index (χ3v) is 4.98. The molecule has 0 saturated carbocycles. The summed E-state index contributed by atoms with van der Waals surface area (Å²) in [5, 5.41) is 3.75. The molecule has 3 rings (SSSR count). The molecule has 0 aromatic heterocycles. The Balaban J connectivity index is 1.69. The summed E-state index contributed by atoms with van der Waals surface area (Å²) in [6, 6.07) is 10.6. The molecule has 1 atom stereocenters. The van der Waals surface area contributed by atoms with Crippen molar-refractivity contribution in [2.24, 2.45) is 5.92 Å². The molecule has 7 heteroatoms. The van der Waals surface area contributed by atoms with Crippen LogP contribution in [0.2, 0.25) is 10.0 Å². The number of halogens is 2. The Labute approximate surface area is 174 Å². The van der Waals surface area contributed by atoms with E-state index >= 15 is 0 Å². The summed E-state index contributed by atoms with van der Waals surface area (Å²) in [5.74, 6) is 1.64. The molecule has 1 N–H and O–H groups in total. The van der Waals surface area contributed by atoms with E-state index < -0.39 is 0 Å². The van der Waals surface area contributed by atoms with Crippen molar-refractivity contribution in [2.45, 2.75) is 26.3 Å². The molecular formula is C21H23Cl2NO4. The SMILES string of the molecule is CC(C)[C@@H](NC(=O)COc1c(Cl)cccc1Cl)c1ccc2c(c1)OCCCO2. The Bertz CT molecular complexity index is 821. The average Bonchev–Trinajstić information content (AvgIpc) is 2.90. The number of ether oxygens (including phenoxy) is 3. The van der Waals surface area contributed by atoms with Gasteiger partial charge in [-0.1, -0.05) is 49.2 Å². The van der Waals surface area contributed by atoms with Crippen LogP contribution in [0.1, 0.15) is 31.9 Å². The highest BCUT2D eigenvalue weighted by atomic mass is 35.5. The van der Waals surface area contributed by atoms with Gasteiger partial charge in [-0.25, -0.2) is 0 Å². The van der Waals surface area contributed by atoms with Crippen molar-refractivity contribution in [3.05, 3.63) is 52.0 Å². The highest BCUT2D eigenvalue weighted by Gasteiger charge is 2.21. The number of benzene rings is 2. The number of rotatable bonds is 6. The third-order valence-electron chi connectivity index (χ3n) is 4.38. The first-order valence-corrected chi connectivity index (χ1v) is 9.97. The monoisotopic (exact) mass is 423 g/mol. The highest BCUT2D eigenvalue weighted by molar-refractivity contribution is 6.37. The number of fused-ring (bicyclic) bond motifs is 1. The molecule has 1 amide bonds. The number of para-hydroxylation sites is 1. The van der Waals surface area contributed by atoms with Crippen molar-refractivity contribution in [3.63, 3.8) is 0 Å². The normalized spacial score (nSPS) is 14.3. The van der Waals surface area contributed by atoms with Gasteiger partial charge in [0.15, 0.2) is 23.9 Å². The second kappa shape index (κ2) is 9.39. The van der Waals surface area contributed by atoms with E-state index in [9.17, 15) is 4.79 Å². The summed E-state index contributed by atoms with van der Waals surface area (Å²) >= 11 is 12.2. The van der Waals surface area contributed by atoms with E-state index in [1.165, 1.54) is 0 Å². The quantitative estimate of drug-likeness (QED) is 0.706. The van der Waals surface area contributed by atoms with Crippen LogP contribution in [0.5, 0.6) is 17.2 Å². The second-order valence-electron chi connectivity index (χ2n) is 6.89. The molecule has 0 unspecified atom stereocenters. The van der Waals surface area contributed by atoms with Crippen LogP contribution in [0, 0.1) is 5.92 Å². The van der Waals surface area contributed by atoms with Gasteiger partial charge in [-0.2, -0.15) is 0 Å². The zero-order chi connectivity index (χ0) is 20.1. The number of amides is 1. The average molecular weight is 424 g/mol. The molecule has 28 heavy (non-hydrogen) atoms. The highest BCUT2D eigenvalue weighted by Crippen LogP contribution is 2.34. The fourth-order valence-electron chi connectivity index (χ4n) is 2.98. The van der Waals surface area contributed by atoms with Crippen LogP contribution in [0.3, 0.4) is 0 Å². The third kappa shape index (κ3) is 5.03. The minimum absolute atomic E-state index is 0.164. The van der Waals surface area contributed by atoms with Gasteiger partial charge in [-0.05, 0) is 35.7 Å². The lowest BCUT2D eigenvalue weighted by atomic mass is 9.95. The van der Waals surface area contributed by atoms with E-state index in [0.29, 0.717) is 34.8 Å². The zero-order valence-electron chi connectivity index (χ0n) is 15.8. The molecule has 5 nitrogen and oxygen atoms in total. The van der Waals surface area contributed by atoms with E-state index in [2.05, 4.69) is 5.32 Å². The summed E-state index contributed by atoms with van der Waals surface area (Å²) < 4.78 is 17.0. The predicted octanol–water partition coefficient (Wildman–Crippen LogP) is 5.05. The van der Waals surface area contributed by atoms with Gasteiger partial charge in [0, 0.05) is 6.42 Å². The van der Waals surface area contributed by atoms with Crippen LogP contribution in [-0.2, 0) is 4.79 Å². The minimum atomic E-state index is -0.262. The van der Waals surface area contributed by atoms with Crippen molar-refractivity contribution in [1.29, 1.82) is 0 Å². The first kappa shape index (κ1) is 20.6. The maximum Gasteiger partial charge on any atom is 0.258 e. The summed E-state index contributed by atoms with van der Waals surface area (Å²) in [5.41, 5.74) is 0.948. The summed E-state index contributed by atoms with van der Waals surface area (Å²) in [6.07, 6.45) is 0.844. The van der Waals surface area contributed by atoms with E-state index in [1.54, 1.807) is 18.2 Å². The van der Waals surface area contributed by atoms with Gasteiger partial charge in [0.05, 0.1) is 29.3 Å². The van der Waals surface area contributed by atoms with Gasteiger partial charge >= 0.3 is 0 Å². The van der Waals surface area contributed by atoms with Crippen molar-refractivity contribution < 1.29 is 19.0 Å². The van der Waals surface area contributed by atoms with Crippen LogP contribution in [0.15, 0.2) is 36.4 Å². The minimum Gasteiger partial charge on any atom is -0.490 e. The molecule has 0 radical (unpaired) electrons. The summed E-state index contributed by atoms with van der Waals surface area (Å²) in [4.78, 5) is 12.5. The van der Waals surface area contributed by atoms with E-state index in [-0.39, 0.29) is 24.5 Å². The predicted molar refractivity (Wildman–Crippen MR) is 110 cm³/mol. The molecule has 0 spiro atoms. The Morgan fingerprint density at radius 3 is 2.46 bits per heavy atom. The molecule has 150 valence electrons. The smallest absolute Gasteiger partial charge is 0.258 e. The second-order valence-corrected chi connectivity index (χ2v) is 7.70.